The highest BCUT2D eigenvalue weighted by atomic mass is 16.6. The van der Waals surface area contributed by atoms with Gasteiger partial charge in [-0.2, -0.15) is 0 Å². The molecule has 0 saturated heterocycles. The van der Waals surface area contributed by atoms with E-state index in [2.05, 4.69) is 16.9 Å². The molecule has 0 radical (unpaired) electrons. The van der Waals surface area contributed by atoms with E-state index in [1.54, 1.807) is 47.6 Å². The maximum Gasteiger partial charge on any atom is 0.421 e. The van der Waals surface area contributed by atoms with Gasteiger partial charge in [0.1, 0.15) is 11.2 Å². The number of amides is 1. The van der Waals surface area contributed by atoms with Gasteiger partial charge in [0, 0.05) is 11.8 Å². The van der Waals surface area contributed by atoms with Gasteiger partial charge < -0.3 is 9.47 Å². The Hall–Kier alpha value is -3.09. The van der Waals surface area contributed by atoms with E-state index in [0.29, 0.717) is 5.69 Å². The summed E-state index contributed by atoms with van der Waals surface area (Å²) < 4.78 is 11.8. The third-order valence-corrected chi connectivity index (χ3v) is 3.37. The molecule has 7 heteroatoms. The predicted octanol–water partition coefficient (Wildman–Crippen LogP) is 5.32. The van der Waals surface area contributed by atoms with Crippen molar-refractivity contribution in [2.24, 2.45) is 0 Å². The minimum absolute atomic E-state index is 0.0114. The molecule has 1 amide bonds. The lowest BCUT2D eigenvalue weighted by Gasteiger charge is -2.21. The standard InChI is InChI=1S/C21H27N3O4/c1-8-14-11-9-10-12-15(14)16-13-24(19(26)28-21(5,6)7)17(22-16)23-18(25)27-20(2,3)4/h8-13H,1H2,2-7H3,(H,22,23,25). The zero-order valence-electron chi connectivity index (χ0n) is 17.2. The van der Waals surface area contributed by atoms with Crippen molar-refractivity contribution in [3.63, 3.8) is 0 Å². The second-order valence-electron chi connectivity index (χ2n) is 8.22. The van der Waals surface area contributed by atoms with Gasteiger partial charge in [0.05, 0.1) is 5.69 Å². The number of anilines is 1. The van der Waals surface area contributed by atoms with Gasteiger partial charge in [0.25, 0.3) is 0 Å². The highest BCUT2D eigenvalue weighted by molar-refractivity contribution is 5.87. The summed E-state index contributed by atoms with van der Waals surface area (Å²) in [4.78, 5) is 29.3. The van der Waals surface area contributed by atoms with Crippen LogP contribution in [0.4, 0.5) is 15.5 Å². The molecule has 1 aromatic heterocycles. The fourth-order valence-corrected chi connectivity index (χ4v) is 2.35. The lowest BCUT2D eigenvalue weighted by atomic mass is 10.1. The van der Waals surface area contributed by atoms with E-state index in [1.165, 1.54) is 6.20 Å². The lowest BCUT2D eigenvalue weighted by Crippen LogP contribution is -2.30. The number of hydrogen-bond acceptors (Lipinski definition) is 5. The van der Waals surface area contributed by atoms with Gasteiger partial charge in [-0.05, 0) is 47.1 Å². The zero-order valence-corrected chi connectivity index (χ0v) is 17.2. The SMILES string of the molecule is C=Cc1ccccc1-c1cn(C(=O)OC(C)(C)C)c(NC(=O)OC(C)(C)C)n1. The van der Waals surface area contributed by atoms with Crippen molar-refractivity contribution in [3.8, 4) is 11.3 Å². The second-order valence-corrected chi connectivity index (χ2v) is 8.22. The quantitative estimate of drug-likeness (QED) is 0.773. The Bertz CT molecular complexity index is 886. The summed E-state index contributed by atoms with van der Waals surface area (Å²) in [6, 6.07) is 7.48. The molecule has 150 valence electrons. The normalized spacial score (nSPS) is 11.6. The third-order valence-electron chi connectivity index (χ3n) is 3.37. The summed E-state index contributed by atoms with van der Waals surface area (Å²) in [6.07, 6.45) is 1.84. The van der Waals surface area contributed by atoms with E-state index in [0.717, 1.165) is 15.7 Å². The number of rotatable bonds is 3. The molecule has 0 unspecified atom stereocenters. The first-order valence-corrected chi connectivity index (χ1v) is 8.94. The fourth-order valence-electron chi connectivity index (χ4n) is 2.35. The number of benzene rings is 1. The number of ether oxygens (including phenoxy) is 2. The van der Waals surface area contributed by atoms with Crippen LogP contribution in [0.15, 0.2) is 37.0 Å². The maximum absolute atomic E-state index is 12.6. The van der Waals surface area contributed by atoms with Crippen LogP contribution in [0, 0.1) is 0 Å². The third kappa shape index (κ3) is 5.70. The van der Waals surface area contributed by atoms with Crippen molar-refractivity contribution in [3.05, 3.63) is 42.6 Å². The van der Waals surface area contributed by atoms with Crippen molar-refractivity contribution in [2.75, 3.05) is 5.32 Å². The van der Waals surface area contributed by atoms with E-state index in [-0.39, 0.29) is 5.95 Å². The van der Waals surface area contributed by atoms with Crippen molar-refractivity contribution < 1.29 is 19.1 Å². The number of aromatic nitrogens is 2. The lowest BCUT2D eigenvalue weighted by molar-refractivity contribution is 0.0539. The second kappa shape index (κ2) is 7.88. The largest absolute Gasteiger partial charge is 0.444 e. The summed E-state index contributed by atoms with van der Waals surface area (Å²) in [5.41, 5.74) is 0.717. The van der Waals surface area contributed by atoms with E-state index >= 15 is 0 Å². The number of carbonyl (C=O) groups excluding carboxylic acids is 2. The van der Waals surface area contributed by atoms with Crippen LogP contribution in [-0.2, 0) is 9.47 Å². The highest BCUT2D eigenvalue weighted by Gasteiger charge is 2.25. The van der Waals surface area contributed by atoms with Crippen LogP contribution in [0.25, 0.3) is 17.3 Å². The summed E-state index contributed by atoms with van der Waals surface area (Å²) in [5, 5.41) is 2.53. The maximum atomic E-state index is 12.6. The Morgan fingerprint density at radius 2 is 1.68 bits per heavy atom. The molecule has 0 aliphatic heterocycles. The van der Waals surface area contributed by atoms with E-state index in [1.807, 2.05) is 24.3 Å². The van der Waals surface area contributed by atoms with Gasteiger partial charge >= 0.3 is 12.2 Å². The molecule has 1 heterocycles. The minimum Gasteiger partial charge on any atom is -0.444 e. The molecule has 0 atom stereocenters. The minimum atomic E-state index is -0.716. The van der Waals surface area contributed by atoms with Gasteiger partial charge in [0.15, 0.2) is 0 Å². The van der Waals surface area contributed by atoms with Crippen LogP contribution >= 0.6 is 0 Å². The molecule has 7 nitrogen and oxygen atoms in total. The Balaban J connectivity index is 2.46. The van der Waals surface area contributed by atoms with Crippen LogP contribution in [0.5, 0.6) is 0 Å². The van der Waals surface area contributed by atoms with Crippen LogP contribution in [-0.4, -0.2) is 32.9 Å². The number of hydrogen-bond donors (Lipinski definition) is 1. The first kappa shape index (κ1) is 21.2. The smallest absolute Gasteiger partial charge is 0.421 e. The monoisotopic (exact) mass is 385 g/mol. The van der Waals surface area contributed by atoms with Crippen LogP contribution < -0.4 is 5.32 Å². The van der Waals surface area contributed by atoms with Crippen molar-refractivity contribution in [2.45, 2.75) is 52.7 Å². The van der Waals surface area contributed by atoms with Gasteiger partial charge in [-0.15, -0.1) is 0 Å². The van der Waals surface area contributed by atoms with Crippen molar-refractivity contribution >= 4 is 24.2 Å². The molecule has 1 aromatic carbocycles. The van der Waals surface area contributed by atoms with E-state index in [9.17, 15) is 9.59 Å². The molecular formula is C21H27N3O4. The Morgan fingerprint density at radius 3 is 2.25 bits per heavy atom. The van der Waals surface area contributed by atoms with Crippen molar-refractivity contribution in [1.29, 1.82) is 0 Å². The molecule has 0 fully saturated rings. The van der Waals surface area contributed by atoms with E-state index < -0.39 is 23.4 Å². The number of nitrogens with one attached hydrogen (secondary N) is 1. The fraction of sp³-hybridized carbons (Fsp3) is 0.381. The molecule has 1 N–H and O–H groups in total. The van der Waals surface area contributed by atoms with E-state index in [4.69, 9.17) is 9.47 Å². The van der Waals surface area contributed by atoms with Crippen LogP contribution in [0.1, 0.15) is 47.1 Å². The summed E-state index contributed by atoms with van der Waals surface area (Å²) in [7, 11) is 0. The van der Waals surface area contributed by atoms with Crippen LogP contribution in [0.2, 0.25) is 0 Å². The molecule has 0 aliphatic carbocycles. The Kier molecular flexibility index (Phi) is 5.97. The van der Waals surface area contributed by atoms with Crippen LogP contribution in [0.3, 0.4) is 0 Å². The molecule has 2 rings (SSSR count). The summed E-state index contributed by atoms with van der Waals surface area (Å²) in [5.74, 6) is 0.0114. The molecule has 28 heavy (non-hydrogen) atoms. The van der Waals surface area contributed by atoms with Gasteiger partial charge in [-0.3, -0.25) is 5.32 Å². The number of imidazole rings is 1. The molecule has 0 spiro atoms. The highest BCUT2D eigenvalue weighted by Crippen LogP contribution is 2.26. The summed E-state index contributed by atoms with van der Waals surface area (Å²) >= 11 is 0. The zero-order chi connectivity index (χ0) is 21.1. The average molecular weight is 385 g/mol. The average Bonchev–Trinajstić information content (AvgIpc) is 2.95. The summed E-state index contributed by atoms with van der Waals surface area (Å²) in [6.45, 7) is 14.3. The molecule has 2 aromatic rings. The Labute approximate surface area is 165 Å². The number of nitrogens with zero attached hydrogens (tertiary/aromatic N) is 2. The molecule has 0 bridgehead atoms. The van der Waals surface area contributed by atoms with Crippen molar-refractivity contribution in [1.82, 2.24) is 9.55 Å². The van der Waals surface area contributed by atoms with Gasteiger partial charge in [0.2, 0.25) is 5.95 Å². The number of carbonyl (C=O) groups is 2. The van der Waals surface area contributed by atoms with Gasteiger partial charge in [-0.25, -0.2) is 19.1 Å². The topological polar surface area (TPSA) is 82.5 Å². The first-order chi connectivity index (χ1) is 12.9. The van der Waals surface area contributed by atoms with Gasteiger partial charge in [-0.1, -0.05) is 36.9 Å². The predicted molar refractivity (Wildman–Crippen MR) is 109 cm³/mol. The molecule has 0 saturated carbocycles. The molecular weight excluding hydrogens is 358 g/mol. The Morgan fingerprint density at radius 1 is 1.07 bits per heavy atom. The first-order valence-electron chi connectivity index (χ1n) is 8.94. The molecule has 0 aliphatic rings.